The third-order valence-corrected chi connectivity index (χ3v) is 5.59. The highest BCUT2D eigenvalue weighted by molar-refractivity contribution is 7.99. The zero-order valence-corrected chi connectivity index (χ0v) is 13.1. The van der Waals surface area contributed by atoms with Gasteiger partial charge in [0.1, 0.15) is 0 Å². The Bertz CT molecular complexity index is 237. The summed E-state index contributed by atoms with van der Waals surface area (Å²) in [7, 11) is 0. The van der Waals surface area contributed by atoms with Crippen LogP contribution in [0.4, 0.5) is 0 Å². The minimum Gasteiger partial charge on any atom is -0.310 e. The van der Waals surface area contributed by atoms with Crippen molar-refractivity contribution in [3.05, 3.63) is 0 Å². The van der Waals surface area contributed by atoms with Crippen LogP contribution in [-0.4, -0.2) is 48.1 Å². The topological polar surface area (TPSA) is 15.3 Å². The Kier molecular flexibility index (Phi) is 5.84. The van der Waals surface area contributed by atoms with Crippen LogP contribution in [0.1, 0.15) is 46.0 Å². The van der Waals surface area contributed by atoms with E-state index in [0.717, 1.165) is 23.3 Å². The van der Waals surface area contributed by atoms with Crippen molar-refractivity contribution in [1.29, 1.82) is 0 Å². The van der Waals surface area contributed by atoms with Crippen LogP contribution in [-0.2, 0) is 0 Å². The highest BCUT2D eigenvalue weighted by atomic mass is 32.2. The van der Waals surface area contributed by atoms with Crippen LogP contribution < -0.4 is 5.32 Å². The van der Waals surface area contributed by atoms with Gasteiger partial charge in [-0.05, 0) is 50.9 Å². The molecule has 1 N–H and O–H groups in total. The maximum Gasteiger partial charge on any atom is 0.0198 e. The number of thioether (sulfide) groups is 1. The lowest BCUT2D eigenvalue weighted by Gasteiger charge is -2.35. The summed E-state index contributed by atoms with van der Waals surface area (Å²) in [6.07, 6.45) is 9.22. The van der Waals surface area contributed by atoms with Crippen molar-refractivity contribution >= 4 is 11.8 Å². The van der Waals surface area contributed by atoms with E-state index in [0.29, 0.717) is 0 Å². The third kappa shape index (κ3) is 4.14. The van der Waals surface area contributed by atoms with E-state index in [-0.39, 0.29) is 0 Å². The van der Waals surface area contributed by atoms with Crippen LogP contribution in [0.15, 0.2) is 0 Å². The molecule has 1 saturated carbocycles. The van der Waals surface area contributed by atoms with E-state index in [2.05, 4.69) is 42.1 Å². The molecule has 0 bridgehead atoms. The van der Waals surface area contributed by atoms with Crippen LogP contribution in [0.25, 0.3) is 0 Å². The molecular weight excluding hydrogens is 240 g/mol. The predicted molar refractivity (Wildman–Crippen MR) is 82.4 cm³/mol. The smallest absolute Gasteiger partial charge is 0.0198 e. The first-order valence-electron chi connectivity index (χ1n) is 7.70. The summed E-state index contributed by atoms with van der Waals surface area (Å²) in [6, 6.07) is 1.58. The standard InChI is InChI=1S/C15H30N2S/c1-12(2)11-17-9-7-13(8-10-17)16-14-5-4-6-15(14)18-3/h12-16H,4-11H2,1-3H3. The molecule has 1 aliphatic carbocycles. The highest BCUT2D eigenvalue weighted by Gasteiger charge is 2.29. The molecule has 2 fully saturated rings. The van der Waals surface area contributed by atoms with Gasteiger partial charge in [-0.3, -0.25) is 0 Å². The van der Waals surface area contributed by atoms with E-state index < -0.39 is 0 Å². The zero-order chi connectivity index (χ0) is 13.0. The molecule has 2 aliphatic rings. The Morgan fingerprint density at radius 3 is 2.50 bits per heavy atom. The molecular formula is C15H30N2S. The maximum absolute atomic E-state index is 3.95. The van der Waals surface area contributed by atoms with Crippen LogP contribution in [0.3, 0.4) is 0 Å². The Labute approximate surface area is 117 Å². The van der Waals surface area contributed by atoms with Gasteiger partial charge in [-0.25, -0.2) is 0 Å². The van der Waals surface area contributed by atoms with Crippen molar-refractivity contribution in [3.63, 3.8) is 0 Å². The number of nitrogens with one attached hydrogen (secondary N) is 1. The van der Waals surface area contributed by atoms with Gasteiger partial charge in [0.15, 0.2) is 0 Å². The third-order valence-electron chi connectivity index (χ3n) is 4.42. The monoisotopic (exact) mass is 270 g/mol. The number of hydrogen-bond donors (Lipinski definition) is 1. The van der Waals surface area contributed by atoms with Crippen molar-refractivity contribution in [1.82, 2.24) is 10.2 Å². The van der Waals surface area contributed by atoms with Gasteiger partial charge in [0.25, 0.3) is 0 Å². The summed E-state index contributed by atoms with van der Waals surface area (Å²) >= 11 is 2.07. The van der Waals surface area contributed by atoms with E-state index in [9.17, 15) is 0 Å². The minimum absolute atomic E-state index is 0.783. The molecule has 2 rings (SSSR count). The van der Waals surface area contributed by atoms with Gasteiger partial charge in [-0.1, -0.05) is 20.3 Å². The predicted octanol–water partition coefficient (Wildman–Crippen LogP) is 2.98. The summed E-state index contributed by atoms with van der Waals surface area (Å²) in [5, 5.41) is 4.82. The molecule has 1 heterocycles. The second-order valence-corrected chi connectivity index (χ2v) is 7.52. The van der Waals surface area contributed by atoms with E-state index in [1.54, 1.807) is 0 Å². The molecule has 18 heavy (non-hydrogen) atoms. The molecule has 106 valence electrons. The van der Waals surface area contributed by atoms with Crippen molar-refractivity contribution in [2.24, 2.45) is 5.92 Å². The molecule has 2 unspecified atom stereocenters. The Hall–Kier alpha value is 0.270. The van der Waals surface area contributed by atoms with Crippen LogP contribution in [0, 0.1) is 5.92 Å². The molecule has 0 amide bonds. The Morgan fingerprint density at radius 1 is 1.17 bits per heavy atom. The lowest BCUT2D eigenvalue weighted by Crippen LogP contribution is -2.48. The number of likely N-dealkylation sites (tertiary alicyclic amines) is 1. The summed E-state index contributed by atoms with van der Waals surface area (Å²) in [4.78, 5) is 2.64. The maximum atomic E-state index is 3.95. The Balaban J connectivity index is 1.70. The Morgan fingerprint density at radius 2 is 1.89 bits per heavy atom. The SMILES string of the molecule is CSC1CCCC1NC1CCN(CC(C)C)CC1. The second kappa shape index (κ2) is 7.16. The molecule has 1 saturated heterocycles. The largest absolute Gasteiger partial charge is 0.310 e. The second-order valence-electron chi connectivity index (χ2n) is 6.45. The molecule has 2 atom stereocenters. The fraction of sp³-hybridized carbons (Fsp3) is 1.00. The zero-order valence-electron chi connectivity index (χ0n) is 12.3. The first kappa shape index (κ1) is 14.7. The van der Waals surface area contributed by atoms with Gasteiger partial charge in [0.05, 0.1) is 0 Å². The van der Waals surface area contributed by atoms with Gasteiger partial charge in [-0.15, -0.1) is 0 Å². The normalized spacial score (nSPS) is 31.3. The molecule has 0 aromatic heterocycles. The fourth-order valence-electron chi connectivity index (χ4n) is 3.50. The van der Waals surface area contributed by atoms with Crippen LogP contribution in [0.2, 0.25) is 0 Å². The van der Waals surface area contributed by atoms with Gasteiger partial charge in [0, 0.05) is 23.9 Å². The van der Waals surface area contributed by atoms with Crippen molar-refractivity contribution in [2.75, 3.05) is 25.9 Å². The highest BCUT2D eigenvalue weighted by Crippen LogP contribution is 2.29. The van der Waals surface area contributed by atoms with Crippen molar-refractivity contribution < 1.29 is 0 Å². The van der Waals surface area contributed by atoms with E-state index >= 15 is 0 Å². The number of nitrogens with zero attached hydrogens (tertiary/aromatic N) is 1. The first-order valence-corrected chi connectivity index (χ1v) is 8.99. The number of piperidine rings is 1. The minimum atomic E-state index is 0.783. The summed E-state index contributed by atoms with van der Waals surface area (Å²) in [6.45, 7) is 8.53. The summed E-state index contributed by atoms with van der Waals surface area (Å²) < 4.78 is 0. The van der Waals surface area contributed by atoms with Crippen molar-refractivity contribution in [3.8, 4) is 0 Å². The van der Waals surface area contributed by atoms with E-state index in [4.69, 9.17) is 0 Å². The first-order chi connectivity index (χ1) is 8.69. The molecule has 0 aromatic rings. The molecule has 3 heteroatoms. The van der Waals surface area contributed by atoms with Gasteiger partial charge >= 0.3 is 0 Å². The lowest BCUT2D eigenvalue weighted by atomic mass is 10.0. The van der Waals surface area contributed by atoms with Gasteiger partial charge in [-0.2, -0.15) is 11.8 Å². The molecule has 1 aliphatic heterocycles. The van der Waals surface area contributed by atoms with E-state index in [1.807, 2.05) is 0 Å². The van der Waals surface area contributed by atoms with Crippen molar-refractivity contribution in [2.45, 2.75) is 63.3 Å². The van der Waals surface area contributed by atoms with E-state index in [1.165, 1.54) is 51.7 Å². The summed E-state index contributed by atoms with van der Waals surface area (Å²) in [5.41, 5.74) is 0. The molecule has 0 spiro atoms. The lowest BCUT2D eigenvalue weighted by molar-refractivity contribution is 0.175. The average molecular weight is 270 g/mol. The quantitative estimate of drug-likeness (QED) is 0.827. The van der Waals surface area contributed by atoms with Gasteiger partial charge < -0.3 is 10.2 Å². The molecule has 0 radical (unpaired) electrons. The average Bonchev–Trinajstić information content (AvgIpc) is 2.78. The van der Waals surface area contributed by atoms with Crippen LogP contribution in [0.5, 0.6) is 0 Å². The fourth-order valence-corrected chi connectivity index (χ4v) is 4.45. The molecule has 0 aromatic carbocycles. The number of rotatable bonds is 5. The van der Waals surface area contributed by atoms with Gasteiger partial charge in [0.2, 0.25) is 0 Å². The summed E-state index contributed by atoms with van der Waals surface area (Å²) in [5.74, 6) is 0.810. The van der Waals surface area contributed by atoms with Crippen LogP contribution >= 0.6 is 11.8 Å². The molecule has 2 nitrogen and oxygen atoms in total. The number of hydrogen-bond acceptors (Lipinski definition) is 3.